The van der Waals surface area contributed by atoms with Gasteiger partial charge in [0.15, 0.2) is 0 Å². The van der Waals surface area contributed by atoms with Crippen LogP contribution in [0, 0.1) is 12.8 Å². The molecule has 0 radical (unpaired) electrons. The number of carbonyl (C=O) groups excluding carboxylic acids is 2. The Bertz CT molecular complexity index is 2210. The van der Waals surface area contributed by atoms with Crippen molar-refractivity contribution in [3.63, 3.8) is 0 Å². The van der Waals surface area contributed by atoms with Gasteiger partial charge in [0.1, 0.15) is 24.2 Å². The number of amides is 2. The number of aliphatic carboxylic acids is 1. The van der Waals surface area contributed by atoms with E-state index in [0.717, 1.165) is 57.6 Å². The first-order chi connectivity index (χ1) is 32.2. The molecule has 4 aromatic carbocycles. The summed E-state index contributed by atoms with van der Waals surface area (Å²) in [5.74, 6) is 0.113. The average molecular weight is 907 g/mol. The van der Waals surface area contributed by atoms with Crippen molar-refractivity contribution in [2.45, 2.75) is 65.1 Å². The Kier molecular flexibility index (Phi) is 22.4. The van der Waals surface area contributed by atoms with E-state index in [0.29, 0.717) is 77.3 Å². The number of carbonyl (C=O) groups is 3. The normalized spacial score (nSPS) is 12.2. The fourth-order valence-corrected chi connectivity index (χ4v) is 6.95. The number of aromatic nitrogens is 1. The van der Waals surface area contributed by atoms with E-state index < -0.39 is 24.0 Å². The number of aryl methyl sites for hydroxylation is 1. The molecule has 4 N–H and O–H groups in total. The number of carboxylic acid groups (broad SMARTS) is 1. The number of fused-ring (bicyclic) bond motifs is 1. The van der Waals surface area contributed by atoms with Crippen molar-refractivity contribution < 1.29 is 47.9 Å². The van der Waals surface area contributed by atoms with Gasteiger partial charge in [-0.1, -0.05) is 98.8 Å². The second-order valence-corrected chi connectivity index (χ2v) is 16.3. The third kappa shape index (κ3) is 18.5. The van der Waals surface area contributed by atoms with Crippen LogP contribution < -0.4 is 20.7 Å². The average Bonchev–Trinajstić information content (AvgIpc) is 3.31. The molecule has 2 amide bonds. The first-order valence-electron chi connectivity index (χ1n) is 22.8. The van der Waals surface area contributed by atoms with Crippen LogP contribution in [0.5, 0.6) is 5.75 Å². The van der Waals surface area contributed by atoms with Crippen LogP contribution in [-0.2, 0) is 44.7 Å². The molecule has 5 rings (SSSR count). The molecule has 0 unspecified atom stereocenters. The minimum atomic E-state index is -1.09. The van der Waals surface area contributed by atoms with E-state index in [1.54, 1.807) is 6.20 Å². The van der Waals surface area contributed by atoms with Crippen LogP contribution in [0.2, 0.25) is 0 Å². The number of carboxylic acids is 1. The second-order valence-electron chi connectivity index (χ2n) is 16.3. The molecular formula is C52H66N4O10. The van der Waals surface area contributed by atoms with Gasteiger partial charge in [-0.05, 0) is 77.1 Å². The van der Waals surface area contributed by atoms with Gasteiger partial charge in [0.25, 0.3) is 0 Å². The Morgan fingerprint density at radius 2 is 1.35 bits per heavy atom. The van der Waals surface area contributed by atoms with Crippen LogP contribution in [0.4, 0.5) is 5.82 Å². The van der Waals surface area contributed by atoms with E-state index in [4.69, 9.17) is 28.4 Å². The summed E-state index contributed by atoms with van der Waals surface area (Å²) in [6.07, 6.45) is 3.05. The number of rotatable bonds is 32. The highest BCUT2D eigenvalue weighted by Gasteiger charge is 2.26. The van der Waals surface area contributed by atoms with Gasteiger partial charge in [0.2, 0.25) is 11.8 Å². The zero-order valence-electron chi connectivity index (χ0n) is 38.5. The molecule has 1 aromatic heterocycles. The Morgan fingerprint density at radius 3 is 2.02 bits per heavy atom. The van der Waals surface area contributed by atoms with Gasteiger partial charge in [-0.15, -0.1) is 0 Å². The van der Waals surface area contributed by atoms with Crippen molar-refractivity contribution in [1.82, 2.24) is 15.6 Å². The number of hydrogen-bond acceptors (Lipinski definition) is 11. The topological polar surface area (TPSA) is 176 Å². The maximum absolute atomic E-state index is 13.9. The van der Waals surface area contributed by atoms with E-state index in [1.807, 2.05) is 110 Å². The van der Waals surface area contributed by atoms with E-state index >= 15 is 0 Å². The maximum atomic E-state index is 13.9. The summed E-state index contributed by atoms with van der Waals surface area (Å²) in [6, 6.07) is 30.7. The number of hydrogen-bond donors (Lipinski definition) is 4. The van der Waals surface area contributed by atoms with Gasteiger partial charge < -0.3 is 49.5 Å². The summed E-state index contributed by atoms with van der Waals surface area (Å²) in [7, 11) is 0. The molecule has 5 aromatic rings. The lowest BCUT2D eigenvalue weighted by atomic mass is 9.95. The molecule has 0 bridgehead atoms. The third-order valence-corrected chi connectivity index (χ3v) is 10.5. The van der Waals surface area contributed by atoms with Gasteiger partial charge >= 0.3 is 5.97 Å². The van der Waals surface area contributed by atoms with Crippen LogP contribution in [0.1, 0.15) is 62.3 Å². The van der Waals surface area contributed by atoms with E-state index in [-0.39, 0.29) is 32.0 Å². The highest BCUT2D eigenvalue weighted by Crippen LogP contribution is 2.35. The van der Waals surface area contributed by atoms with E-state index in [9.17, 15) is 19.5 Å². The molecule has 0 aliphatic heterocycles. The standard InChI is InChI=1S/C52H66N4O10/c1-38(2)22-25-61-26-27-62-28-29-63-30-31-64-32-33-66-48-20-19-43(44-12-7-8-13-45(44)48)41-15-17-42(18-16-41)46(35-51(58)59)56-52(60)47(37-65-36-40-10-5-4-6-11-40)55-50(57)14-9-23-53-49-34-39(3)21-24-54-49/h4-8,10-13,15-21,24,34,38,46-47H,9,14,22-23,25-33,35-37H2,1-3H3,(H,53,54)(H,55,57)(H,56,60)(H,58,59)/t46-,47-/m0/s1. The molecule has 0 aliphatic rings. The second kappa shape index (κ2) is 28.9. The molecule has 0 fully saturated rings. The highest BCUT2D eigenvalue weighted by molar-refractivity contribution is 6.00. The number of ether oxygens (including phenoxy) is 6. The first kappa shape index (κ1) is 51.1. The summed E-state index contributed by atoms with van der Waals surface area (Å²) in [5, 5.41) is 20.7. The fourth-order valence-electron chi connectivity index (χ4n) is 6.95. The van der Waals surface area contributed by atoms with E-state index in [1.165, 1.54) is 0 Å². The molecular weight excluding hydrogens is 841 g/mol. The number of anilines is 1. The Morgan fingerprint density at radius 1 is 0.697 bits per heavy atom. The summed E-state index contributed by atoms with van der Waals surface area (Å²) >= 11 is 0. The fraction of sp³-hybridized carbons (Fsp3) is 0.423. The van der Waals surface area contributed by atoms with E-state index in [2.05, 4.69) is 34.8 Å². The molecule has 0 aliphatic carbocycles. The Balaban J connectivity index is 1.13. The lowest BCUT2D eigenvalue weighted by Crippen LogP contribution is -2.50. The van der Waals surface area contributed by atoms with Gasteiger partial charge in [-0.25, -0.2) is 4.98 Å². The molecule has 354 valence electrons. The molecule has 0 saturated heterocycles. The molecule has 0 spiro atoms. The van der Waals surface area contributed by atoms with Crippen molar-refractivity contribution in [3.8, 4) is 16.9 Å². The summed E-state index contributed by atoms with van der Waals surface area (Å²) in [6.45, 7) is 11.5. The summed E-state index contributed by atoms with van der Waals surface area (Å²) < 4.78 is 34.5. The Hall–Kier alpha value is -5.90. The predicted octanol–water partition coefficient (Wildman–Crippen LogP) is 7.93. The van der Waals surface area contributed by atoms with Gasteiger partial charge in [-0.3, -0.25) is 14.4 Å². The zero-order chi connectivity index (χ0) is 46.8. The SMILES string of the molecule is Cc1ccnc(NCCCC(=O)N[C@@H](COCc2ccccc2)C(=O)N[C@@H](CC(=O)O)c2ccc(-c3ccc(OCCOCCOCCOCCOCCC(C)C)c4ccccc34)cc2)c1. The monoisotopic (exact) mass is 906 g/mol. The molecule has 0 saturated carbocycles. The zero-order valence-corrected chi connectivity index (χ0v) is 38.5. The molecule has 14 heteroatoms. The van der Waals surface area contributed by atoms with Crippen molar-refractivity contribution in [3.05, 3.63) is 126 Å². The number of nitrogens with one attached hydrogen (secondary N) is 3. The summed E-state index contributed by atoms with van der Waals surface area (Å²) in [4.78, 5) is 43.4. The van der Waals surface area contributed by atoms with Gasteiger partial charge in [-0.2, -0.15) is 0 Å². The lowest BCUT2D eigenvalue weighted by molar-refractivity contribution is -0.138. The number of benzene rings is 4. The van der Waals surface area contributed by atoms with Crippen molar-refractivity contribution in [2.75, 3.05) is 77.9 Å². The van der Waals surface area contributed by atoms with Crippen molar-refractivity contribution in [1.29, 1.82) is 0 Å². The quantitative estimate of drug-likeness (QED) is 0.0307. The van der Waals surface area contributed by atoms with Gasteiger partial charge in [0, 0.05) is 31.2 Å². The van der Waals surface area contributed by atoms with Crippen LogP contribution in [0.15, 0.2) is 109 Å². The van der Waals surface area contributed by atoms with Crippen molar-refractivity contribution >= 4 is 34.4 Å². The molecule has 1 heterocycles. The summed E-state index contributed by atoms with van der Waals surface area (Å²) in [5.41, 5.74) is 4.44. The van der Waals surface area contributed by atoms with Crippen molar-refractivity contribution in [2.24, 2.45) is 5.92 Å². The van der Waals surface area contributed by atoms with Gasteiger partial charge in [0.05, 0.1) is 71.9 Å². The Labute approximate surface area is 388 Å². The highest BCUT2D eigenvalue weighted by atomic mass is 16.6. The van der Waals surface area contributed by atoms with Crippen LogP contribution in [0.25, 0.3) is 21.9 Å². The maximum Gasteiger partial charge on any atom is 0.305 e. The lowest BCUT2D eigenvalue weighted by Gasteiger charge is -2.23. The minimum absolute atomic E-state index is 0.113. The smallest absolute Gasteiger partial charge is 0.305 e. The molecule has 2 atom stereocenters. The number of nitrogens with zero attached hydrogens (tertiary/aromatic N) is 1. The largest absolute Gasteiger partial charge is 0.491 e. The van der Waals surface area contributed by atoms with Crippen LogP contribution in [0.3, 0.4) is 0 Å². The van der Waals surface area contributed by atoms with Crippen LogP contribution >= 0.6 is 0 Å². The van der Waals surface area contributed by atoms with Crippen LogP contribution in [-0.4, -0.2) is 107 Å². The third-order valence-electron chi connectivity index (χ3n) is 10.5. The number of pyridine rings is 1. The molecule has 14 nitrogen and oxygen atoms in total. The minimum Gasteiger partial charge on any atom is -0.491 e. The first-order valence-corrected chi connectivity index (χ1v) is 22.8. The molecule has 66 heavy (non-hydrogen) atoms. The predicted molar refractivity (Wildman–Crippen MR) is 255 cm³/mol.